The van der Waals surface area contributed by atoms with Crippen LogP contribution in [0.2, 0.25) is 0 Å². The molecule has 2 aromatic rings. The van der Waals surface area contributed by atoms with E-state index < -0.39 is 29.5 Å². The van der Waals surface area contributed by atoms with Crippen LogP contribution < -0.4 is 5.32 Å². The second kappa shape index (κ2) is 6.06. The third kappa shape index (κ3) is 3.09. The molecule has 0 spiro atoms. The number of nitrogens with zero attached hydrogens (tertiary/aromatic N) is 2. The molecule has 23 heavy (non-hydrogen) atoms. The normalized spacial score (nSPS) is 14.3. The van der Waals surface area contributed by atoms with E-state index in [2.05, 4.69) is 10.4 Å². The Hall–Kier alpha value is -2.31. The van der Waals surface area contributed by atoms with Gasteiger partial charge in [-0.2, -0.15) is 9.49 Å². The van der Waals surface area contributed by atoms with Gasteiger partial charge in [0.15, 0.2) is 0 Å². The van der Waals surface area contributed by atoms with Crippen LogP contribution in [0.4, 0.5) is 13.2 Å². The third-order valence-corrected chi connectivity index (χ3v) is 3.95. The Kier molecular flexibility index (Phi) is 4.11. The summed E-state index contributed by atoms with van der Waals surface area (Å²) in [5.41, 5.74) is 0.546. The predicted molar refractivity (Wildman–Crippen MR) is 77.7 cm³/mol. The molecule has 1 aliphatic rings. The molecule has 0 aliphatic heterocycles. The standard InChI is InChI=1S/C16H16F3N3O/c1-22-15(19)12(13(21-22)14(17)18)16(23)20-8-10-4-2-3-5-11(10)9-6-7-9/h2-5,9,14H,6-8H2,1H3,(H,20,23). The highest BCUT2D eigenvalue weighted by Gasteiger charge is 2.29. The Bertz CT molecular complexity index is 738. The van der Waals surface area contributed by atoms with E-state index in [1.807, 2.05) is 24.3 Å². The lowest BCUT2D eigenvalue weighted by Gasteiger charge is -2.10. The van der Waals surface area contributed by atoms with Gasteiger partial charge in [0.1, 0.15) is 11.3 Å². The number of aromatic nitrogens is 2. The summed E-state index contributed by atoms with van der Waals surface area (Å²) in [5, 5.41) is 5.89. The van der Waals surface area contributed by atoms with Crippen LogP contribution in [-0.2, 0) is 13.6 Å². The number of aryl methyl sites for hydroxylation is 1. The van der Waals surface area contributed by atoms with Crippen LogP contribution in [0, 0.1) is 5.95 Å². The molecule has 0 bridgehead atoms. The molecule has 1 fully saturated rings. The van der Waals surface area contributed by atoms with Gasteiger partial charge in [-0.25, -0.2) is 13.5 Å². The third-order valence-electron chi connectivity index (χ3n) is 3.95. The molecule has 1 heterocycles. The van der Waals surface area contributed by atoms with Crippen molar-refractivity contribution in [2.24, 2.45) is 7.05 Å². The second-order valence-corrected chi connectivity index (χ2v) is 5.63. The van der Waals surface area contributed by atoms with E-state index in [0.29, 0.717) is 10.6 Å². The lowest BCUT2D eigenvalue weighted by molar-refractivity contribution is 0.0931. The Morgan fingerprint density at radius 1 is 1.39 bits per heavy atom. The number of benzene rings is 1. The molecule has 122 valence electrons. The van der Waals surface area contributed by atoms with Crippen molar-refractivity contribution in [3.05, 3.63) is 52.6 Å². The summed E-state index contributed by atoms with van der Waals surface area (Å²) in [6, 6.07) is 7.65. The topological polar surface area (TPSA) is 46.9 Å². The second-order valence-electron chi connectivity index (χ2n) is 5.63. The molecule has 0 unspecified atom stereocenters. The molecule has 0 saturated heterocycles. The molecule has 0 radical (unpaired) electrons. The van der Waals surface area contributed by atoms with Gasteiger partial charge in [-0.05, 0) is 29.9 Å². The summed E-state index contributed by atoms with van der Waals surface area (Å²) in [5.74, 6) is -1.44. The van der Waals surface area contributed by atoms with Gasteiger partial charge in [0, 0.05) is 13.6 Å². The molecule has 1 aromatic heterocycles. The number of alkyl halides is 2. The zero-order chi connectivity index (χ0) is 16.6. The number of carbonyl (C=O) groups is 1. The number of nitrogens with one attached hydrogen (secondary N) is 1. The fraction of sp³-hybridized carbons (Fsp3) is 0.375. The Balaban J connectivity index is 1.78. The minimum absolute atomic E-state index is 0.169. The van der Waals surface area contributed by atoms with E-state index >= 15 is 0 Å². The number of amides is 1. The smallest absolute Gasteiger partial charge is 0.283 e. The summed E-state index contributed by atoms with van der Waals surface area (Å²) in [7, 11) is 1.18. The molecule has 1 aliphatic carbocycles. The van der Waals surface area contributed by atoms with E-state index in [-0.39, 0.29) is 6.54 Å². The van der Waals surface area contributed by atoms with E-state index in [0.717, 1.165) is 24.0 Å². The van der Waals surface area contributed by atoms with Gasteiger partial charge in [0.05, 0.1) is 0 Å². The van der Waals surface area contributed by atoms with Gasteiger partial charge < -0.3 is 5.32 Å². The van der Waals surface area contributed by atoms with Crippen molar-refractivity contribution in [2.45, 2.75) is 31.7 Å². The van der Waals surface area contributed by atoms with E-state index in [9.17, 15) is 18.0 Å². The van der Waals surface area contributed by atoms with Crippen LogP contribution in [0.5, 0.6) is 0 Å². The van der Waals surface area contributed by atoms with Gasteiger partial charge >= 0.3 is 0 Å². The van der Waals surface area contributed by atoms with E-state index in [1.54, 1.807) is 0 Å². The van der Waals surface area contributed by atoms with Crippen molar-refractivity contribution in [1.29, 1.82) is 0 Å². The van der Waals surface area contributed by atoms with Gasteiger partial charge in [0.2, 0.25) is 5.95 Å². The lowest BCUT2D eigenvalue weighted by Crippen LogP contribution is -2.25. The van der Waals surface area contributed by atoms with Gasteiger partial charge in [-0.15, -0.1) is 0 Å². The summed E-state index contributed by atoms with van der Waals surface area (Å²) in [6.07, 6.45) is -0.791. The number of hydrogen-bond acceptors (Lipinski definition) is 2. The predicted octanol–water partition coefficient (Wildman–Crippen LogP) is 3.30. The molecule has 7 heteroatoms. The van der Waals surface area contributed by atoms with Gasteiger partial charge in [-0.3, -0.25) is 4.79 Å². The fourth-order valence-electron chi connectivity index (χ4n) is 2.64. The lowest BCUT2D eigenvalue weighted by atomic mass is 10.0. The molecule has 4 nitrogen and oxygen atoms in total. The maximum Gasteiger partial charge on any atom is 0.283 e. The largest absolute Gasteiger partial charge is 0.348 e. The van der Waals surface area contributed by atoms with Crippen LogP contribution in [0.15, 0.2) is 24.3 Å². The van der Waals surface area contributed by atoms with Gasteiger partial charge in [0.25, 0.3) is 12.3 Å². The molecule has 1 N–H and O–H groups in total. The molecule has 1 saturated carbocycles. The first-order chi connectivity index (χ1) is 11.0. The molecule has 3 rings (SSSR count). The van der Waals surface area contributed by atoms with E-state index in [1.165, 1.54) is 7.05 Å². The van der Waals surface area contributed by atoms with Crippen molar-refractivity contribution in [2.75, 3.05) is 0 Å². The monoisotopic (exact) mass is 323 g/mol. The SMILES string of the molecule is Cn1nc(C(F)F)c(C(=O)NCc2ccccc2C2CC2)c1F. The Morgan fingerprint density at radius 3 is 2.74 bits per heavy atom. The molecule has 1 aromatic carbocycles. The van der Waals surface area contributed by atoms with Crippen molar-refractivity contribution < 1.29 is 18.0 Å². The van der Waals surface area contributed by atoms with Crippen LogP contribution >= 0.6 is 0 Å². The van der Waals surface area contributed by atoms with Gasteiger partial charge in [-0.1, -0.05) is 24.3 Å². The first-order valence-corrected chi connectivity index (χ1v) is 7.35. The number of halogens is 3. The summed E-state index contributed by atoms with van der Waals surface area (Å²) >= 11 is 0. The number of rotatable bonds is 5. The van der Waals surface area contributed by atoms with Crippen molar-refractivity contribution in [3.8, 4) is 0 Å². The number of hydrogen-bond donors (Lipinski definition) is 1. The highest BCUT2D eigenvalue weighted by atomic mass is 19.3. The minimum Gasteiger partial charge on any atom is -0.348 e. The molecule has 1 amide bonds. The average Bonchev–Trinajstić information content (AvgIpc) is 3.32. The Labute approximate surface area is 131 Å². The fourth-order valence-corrected chi connectivity index (χ4v) is 2.64. The van der Waals surface area contributed by atoms with Crippen LogP contribution in [-0.4, -0.2) is 15.7 Å². The van der Waals surface area contributed by atoms with Crippen molar-refractivity contribution >= 4 is 5.91 Å². The summed E-state index contributed by atoms with van der Waals surface area (Å²) < 4.78 is 40.3. The van der Waals surface area contributed by atoms with E-state index in [4.69, 9.17) is 0 Å². The highest BCUT2D eigenvalue weighted by molar-refractivity contribution is 5.95. The first kappa shape index (κ1) is 15.6. The average molecular weight is 323 g/mol. The van der Waals surface area contributed by atoms with Crippen LogP contribution in [0.1, 0.15) is 52.4 Å². The summed E-state index contributed by atoms with van der Waals surface area (Å²) in [4.78, 5) is 12.1. The zero-order valence-electron chi connectivity index (χ0n) is 12.5. The zero-order valence-corrected chi connectivity index (χ0v) is 12.5. The van der Waals surface area contributed by atoms with Crippen LogP contribution in [0.25, 0.3) is 0 Å². The molecule has 0 atom stereocenters. The number of carbonyl (C=O) groups excluding carboxylic acids is 1. The molecular formula is C16H16F3N3O. The maximum absolute atomic E-state index is 13.9. The minimum atomic E-state index is -3.01. The van der Waals surface area contributed by atoms with Crippen molar-refractivity contribution in [1.82, 2.24) is 15.1 Å². The molecular weight excluding hydrogens is 307 g/mol. The Morgan fingerprint density at radius 2 is 2.09 bits per heavy atom. The first-order valence-electron chi connectivity index (χ1n) is 7.35. The van der Waals surface area contributed by atoms with Crippen LogP contribution in [0.3, 0.4) is 0 Å². The quantitative estimate of drug-likeness (QED) is 0.918. The maximum atomic E-state index is 13.9. The van der Waals surface area contributed by atoms with Crippen molar-refractivity contribution in [3.63, 3.8) is 0 Å². The summed E-state index contributed by atoms with van der Waals surface area (Å²) in [6.45, 7) is 0.169. The highest BCUT2D eigenvalue weighted by Crippen LogP contribution is 2.41.